The van der Waals surface area contributed by atoms with Gasteiger partial charge in [0.2, 0.25) is 0 Å². The molecule has 2 aromatic rings. The summed E-state index contributed by atoms with van der Waals surface area (Å²) in [6.07, 6.45) is 2.07. The first kappa shape index (κ1) is 12.5. The van der Waals surface area contributed by atoms with E-state index in [-0.39, 0.29) is 6.04 Å². The summed E-state index contributed by atoms with van der Waals surface area (Å²) in [6, 6.07) is 14.1. The van der Waals surface area contributed by atoms with E-state index in [0.29, 0.717) is 6.61 Å². The van der Waals surface area contributed by atoms with Gasteiger partial charge in [0.15, 0.2) is 0 Å². The Morgan fingerprint density at radius 3 is 2.89 bits per heavy atom. The van der Waals surface area contributed by atoms with E-state index in [9.17, 15) is 0 Å². The van der Waals surface area contributed by atoms with Crippen LogP contribution in [0.25, 0.3) is 0 Å². The van der Waals surface area contributed by atoms with Crippen molar-refractivity contribution in [2.75, 3.05) is 0 Å². The topological polar surface area (TPSA) is 35.2 Å². The third-order valence-electron chi connectivity index (χ3n) is 3.59. The van der Waals surface area contributed by atoms with E-state index < -0.39 is 0 Å². The molecule has 2 N–H and O–H groups in total. The zero-order valence-electron chi connectivity index (χ0n) is 10.6. The maximum Gasteiger partial charge on any atom is 0.120 e. The number of hydrogen-bond donors (Lipinski definition) is 1. The summed E-state index contributed by atoms with van der Waals surface area (Å²) in [5.74, 6) is 0.882. The fourth-order valence-corrected chi connectivity index (χ4v) is 2.68. The smallest absolute Gasteiger partial charge is 0.120 e. The number of benzene rings is 2. The normalized spacial score (nSPS) is 17.3. The van der Waals surface area contributed by atoms with Crippen molar-refractivity contribution in [3.63, 3.8) is 0 Å². The molecule has 0 bridgehead atoms. The molecule has 19 heavy (non-hydrogen) atoms. The van der Waals surface area contributed by atoms with Crippen LogP contribution < -0.4 is 10.5 Å². The molecule has 0 saturated carbocycles. The van der Waals surface area contributed by atoms with Crippen molar-refractivity contribution in [1.29, 1.82) is 0 Å². The fraction of sp³-hybridized carbons (Fsp3) is 0.250. The van der Waals surface area contributed by atoms with Gasteiger partial charge in [-0.15, -0.1) is 0 Å². The lowest BCUT2D eigenvalue weighted by Crippen LogP contribution is -2.05. The van der Waals surface area contributed by atoms with E-state index in [0.717, 1.165) is 29.2 Å². The summed E-state index contributed by atoms with van der Waals surface area (Å²) < 4.78 is 5.81. The molecule has 98 valence electrons. The molecule has 0 radical (unpaired) electrons. The van der Waals surface area contributed by atoms with Gasteiger partial charge in [-0.2, -0.15) is 0 Å². The Bertz CT molecular complexity index is 597. The second kappa shape index (κ2) is 5.24. The minimum absolute atomic E-state index is 0.188. The summed E-state index contributed by atoms with van der Waals surface area (Å²) >= 11 is 6.11. The van der Waals surface area contributed by atoms with Gasteiger partial charge in [0, 0.05) is 16.6 Å². The molecule has 0 unspecified atom stereocenters. The maximum absolute atomic E-state index is 6.11. The molecule has 0 heterocycles. The molecule has 2 nitrogen and oxygen atoms in total. The zero-order chi connectivity index (χ0) is 13.2. The maximum atomic E-state index is 6.11. The first-order valence-corrected chi connectivity index (χ1v) is 6.86. The minimum atomic E-state index is 0.188. The Labute approximate surface area is 118 Å². The zero-order valence-corrected chi connectivity index (χ0v) is 11.4. The average Bonchev–Trinajstić information content (AvgIpc) is 2.79. The molecular formula is C16H16ClNO. The molecule has 1 aliphatic carbocycles. The summed E-state index contributed by atoms with van der Waals surface area (Å²) in [5.41, 5.74) is 9.59. The predicted molar refractivity (Wildman–Crippen MR) is 77.5 cm³/mol. The molecule has 3 rings (SSSR count). The molecule has 1 atom stereocenters. The number of aryl methyl sites for hydroxylation is 1. The van der Waals surface area contributed by atoms with Crippen LogP contribution in [0.4, 0.5) is 0 Å². The SMILES string of the molecule is N[C@@H]1CCc2cc(OCc3ccccc3Cl)ccc21. The van der Waals surface area contributed by atoms with Crippen LogP contribution in [0.1, 0.15) is 29.2 Å². The average molecular weight is 274 g/mol. The molecule has 0 aliphatic heterocycles. The Hall–Kier alpha value is -1.51. The first-order chi connectivity index (χ1) is 9.24. The molecule has 3 heteroatoms. The van der Waals surface area contributed by atoms with Crippen LogP contribution in [0.15, 0.2) is 42.5 Å². The monoisotopic (exact) mass is 273 g/mol. The van der Waals surface area contributed by atoms with Crippen LogP contribution in [-0.4, -0.2) is 0 Å². The van der Waals surface area contributed by atoms with Crippen LogP contribution in [0.2, 0.25) is 5.02 Å². The predicted octanol–water partition coefficient (Wildman–Crippen LogP) is 3.87. The van der Waals surface area contributed by atoms with Gasteiger partial charge >= 0.3 is 0 Å². The van der Waals surface area contributed by atoms with E-state index in [1.807, 2.05) is 30.3 Å². The molecule has 1 aliphatic rings. The van der Waals surface area contributed by atoms with Crippen molar-refractivity contribution in [3.8, 4) is 5.75 Å². The Balaban J connectivity index is 1.73. The van der Waals surface area contributed by atoms with E-state index in [2.05, 4.69) is 12.1 Å². The molecule has 0 spiro atoms. The van der Waals surface area contributed by atoms with Crippen molar-refractivity contribution in [1.82, 2.24) is 0 Å². The lowest BCUT2D eigenvalue weighted by Gasteiger charge is -2.10. The second-order valence-electron chi connectivity index (χ2n) is 4.89. The van der Waals surface area contributed by atoms with Crippen LogP contribution >= 0.6 is 11.6 Å². The van der Waals surface area contributed by atoms with E-state index >= 15 is 0 Å². The summed E-state index contributed by atoms with van der Waals surface area (Å²) in [6.45, 7) is 0.491. The molecule has 0 fully saturated rings. The van der Waals surface area contributed by atoms with E-state index in [4.69, 9.17) is 22.1 Å². The molecule has 2 aromatic carbocycles. The number of nitrogens with two attached hydrogens (primary N) is 1. The van der Waals surface area contributed by atoms with E-state index in [1.54, 1.807) is 0 Å². The van der Waals surface area contributed by atoms with Gasteiger partial charge < -0.3 is 10.5 Å². The van der Waals surface area contributed by atoms with Crippen LogP contribution in [0, 0.1) is 0 Å². The van der Waals surface area contributed by atoms with E-state index in [1.165, 1.54) is 11.1 Å². The van der Waals surface area contributed by atoms with Crippen molar-refractivity contribution in [2.24, 2.45) is 5.73 Å². The highest BCUT2D eigenvalue weighted by molar-refractivity contribution is 6.31. The molecule has 0 saturated heterocycles. The van der Waals surface area contributed by atoms with Gasteiger partial charge in [0.25, 0.3) is 0 Å². The number of halogens is 1. The van der Waals surface area contributed by atoms with Gasteiger partial charge in [-0.25, -0.2) is 0 Å². The fourth-order valence-electron chi connectivity index (χ4n) is 2.49. The van der Waals surface area contributed by atoms with Gasteiger partial charge in [-0.05, 0) is 42.2 Å². The van der Waals surface area contributed by atoms with Crippen molar-refractivity contribution in [3.05, 3.63) is 64.2 Å². The molecule has 0 aromatic heterocycles. The quantitative estimate of drug-likeness (QED) is 0.921. The van der Waals surface area contributed by atoms with Gasteiger partial charge in [-0.3, -0.25) is 0 Å². The number of fused-ring (bicyclic) bond motifs is 1. The summed E-state index contributed by atoms with van der Waals surface area (Å²) in [4.78, 5) is 0. The van der Waals surface area contributed by atoms with Crippen LogP contribution in [0.3, 0.4) is 0 Å². The summed E-state index contributed by atoms with van der Waals surface area (Å²) in [7, 11) is 0. The molecular weight excluding hydrogens is 258 g/mol. The lowest BCUT2D eigenvalue weighted by molar-refractivity contribution is 0.306. The third-order valence-corrected chi connectivity index (χ3v) is 3.96. The van der Waals surface area contributed by atoms with Crippen molar-refractivity contribution in [2.45, 2.75) is 25.5 Å². The van der Waals surface area contributed by atoms with Gasteiger partial charge in [0.1, 0.15) is 12.4 Å². The number of rotatable bonds is 3. The molecule has 0 amide bonds. The highest BCUT2D eigenvalue weighted by Gasteiger charge is 2.19. The highest BCUT2D eigenvalue weighted by atomic mass is 35.5. The second-order valence-corrected chi connectivity index (χ2v) is 5.29. The largest absolute Gasteiger partial charge is 0.489 e. The van der Waals surface area contributed by atoms with Gasteiger partial charge in [-0.1, -0.05) is 35.9 Å². The Kier molecular flexibility index (Phi) is 3.45. The third kappa shape index (κ3) is 2.60. The number of hydrogen-bond acceptors (Lipinski definition) is 2. The Morgan fingerprint density at radius 2 is 2.05 bits per heavy atom. The van der Waals surface area contributed by atoms with Crippen molar-refractivity contribution < 1.29 is 4.74 Å². The minimum Gasteiger partial charge on any atom is -0.489 e. The first-order valence-electron chi connectivity index (χ1n) is 6.48. The Morgan fingerprint density at radius 1 is 1.21 bits per heavy atom. The standard InChI is InChI=1S/C16H16ClNO/c17-15-4-2-1-3-12(15)10-19-13-6-7-14-11(9-13)5-8-16(14)18/h1-4,6-7,9,16H,5,8,10,18H2/t16-/m1/s1. The number of ether oxygens (including phenoxy) is 1. The van der Waals surface area contributed by atoms with Crippen LogP contribution in [-0.2, 0) is 13.0 Å². The summed E-state index contributed by atoms with van der Waals surface area (Å²) in [5, 5.41) is 0.741. The lowest BCUT2D eigenvalue weighted by atomic mass is 10.1. The highest BCUT2D eigenvalue weighted by Crippen LogP contribution is 2.32. The van der Waals surface area contributed by atoms with Crippen molar-refractivity contribution >= 4 is 11.6 Å². The van der Waals surface area contributed by atoms with Crippen LogP contribution in [0.5, 0.6) is 5.75 Å². The van der Waals surface area contributed by atoms with Gasteiger partial charge in [0.05, 0.1) is 0 Å².